The summed E-state index contributed by atoms with van der Waals surface area (Å²) in [4.78, 5) is 23.8. The lowest BCUT2D eigenvalue weighted by Gasteiger charge is -2.34. The molecular formula is C13H22O5. The van der Waals surface area contributed by atoms with Crippen LogP contribution in [0.15, 0.2) is 0 Å². The topological polar surface area (TPSA) is 72.8 Å². The van der Waals surface area contributed by atoms with Gasteiger partial charge >= 0.3 is 11.9 Å². The first-order valence-electron chi connectivity index (χ1n) is 6.30. The van der Waals surface area contributed by atoms with E-state index in [9.17, 15) is 14.7 Å². The van der Waals surface area contributed by atoms with E-state index in [1.165, 1.54) is 7.11 Å². The maximum absolute atomic E-state index is 12.0. The van der Waals surface area contributed by atoms with E-state index in [0.717, 1.165) is 0 Å². The molecule has 1 N–H and O–H groups in total. The van der Waals surface area contributed by atoms with Gasteiger partial charge in [0.2, 0.25) is 0 Å². The molecule has 0 amide bonds. The first-order valence-corrected chi connectivity index (χ1v) is 6.30. The van der Waals surface area contributed by atoms with E-state index in [2.05, 4.69) is 0 Å². The summed E-state index contributed by atoms with van der Waals surface area (Å²) in [6, 6.07) is 0. The van der Waals surface area contributed by atoms with Crippen molar-refractivity contribution in [2.45, 2.75) is 39.5 Å². The Morgan fingerprint density at radius 1 is 1.61 bits per heavy atom. The average molecular weight is 258 g/mol. The number of hydrogen-bond acceptors (Lipinski definition) is 5. The molecule has 18 heavy (non-hydrogen) atoms. The Bertz CT molecular complexity index is 327. The number of cyclic esters (lactones) is 1. The number of carbonyl (C=O) groups excluding carboxylic acids is 2. The number of methoxy groups -OCH3 is 1. The van der Waals surface area contributed by atoms with Crippen molar-refractivity contribution >= 4 is 11.9 Å². The number of ether oxygens (including phenoxy) is 2. The smallest absolute Gasteiger partial charge is 0.311 e. The van der Waals surface area contributed by atoms with Crippen LogP contribution in [0.2, 0.25) is 0 Å². The molecule has 104 valence electrons. The highest BCUT2D eigenvalue weighted by molar-refractivity contribution is 5.81. The lowest BCUT2D eigenvalue weighted by molar-refractivity contribution is -0.159. The third-order valence-corrected chi connectivity index (χ3v) is 3.99. The first kappa shape index (κ1) is 15.0. The van der Waals surface area contributed by atoms with Gasteiger partial charge in [-0.15, -0.1) is 0 Å². The molecule has 2 unspecified atom stereocenters. The van der Waals surface area contributed by atoms with Crippen molar-refractivity contribution in [1.82, 2.24) is 0 Å². The maximum atomic E-state index is 12.0. The molecule has 2 atom stereocenters. The minimum Gasteiger partial charge on any atom is -0.469 e. The van der Waals surface area contributed by atoms with E-state index in [1.54, 1.807) is 0 Å². The van der Waals surface area contributed by atoms with Crippen LogP contribution in [0.4, 0.5) is 0 Å². The van der Waals surface area contributed by atoms with Gasteiger partial charge in [-0.25, -0.2) is 0 Å². The van der Waals surface area contributed by atoms with E-state index in [1.807, 2.05) is 13.8 Å². The molecule has 1 aliphatic rings. The minimum atomic E-state index is -0.804. The zero-order valence-electron chi connectivity index (χ0n) is 11.3. The minimum absolute atomic E-state index is 0.103. The zero-order chi connectivity index (χ0) is 13.8. The Labute approximate surface area is 107 Å². The number of carbonyl (C=O) groups is 2. The Morgan fingerprint density at radius 2 is 2.28 bits per heavy atom. The van der Waals surface area contributed by atoms with Gasteiger partial charge in [0.25, 0.3) is 0 Å². The van der Waals surface area contributed by atoms with Crippen LogP contribution in [0, 0.1) is 10.8 Å². The molecular weight excluding hydrogens is 236 g/mol. The predicted molar refractivity (Wildman–Crippen MR) is 64.7 cm³/mol. The SMILES string of the molecule is CCC(CCO)(CC1(C)CCOC1=O)C(=O)OC. The highest BCUT2D eigenvalue weighted by atomic mass is 16.5. The average Bonchev–Trinajstić information content (AvgIpc) is 2.67. The summed E-state index contributed by atoms with van der Waals surface area (Å²) in [7, 11) is 1.33. The van der Waals surface area contributed by atoms with Crippen LogP contribution in [0.25, 0.3) is 0 Å². The van der Waals surface area contributed by atoms with Crippen molar-refractivity contribution in [3.05, 3.63) is 0 Å². The zero-order valence-corrected chi connectivity index (χ0v) is 11.3. The second-order valence-corrected chi connectivity index (χ2v) is 5.22. The number of hydrogen-bond donors (Lipinski definition) is 1. The number of esters is 2. The van der Waals surface area contributed by atoms with Gasteiger partial charge in [-0.05, 0) is 32.6 Å². The van der Waals surface area contributed by atoms with Crippen molar-refractivity contribution < 1.29 is 24.2 Å². The molecule has 1 heterocycles. The van der Waals surface area contributed by atoms with Crippen molar-refractivity contribution in [2.24, 2.45) is 10.8 Å². The van der Waals surface area contributed by atoms with Gasteiger partial charge in [-0.2, -0.15) is 0 Å². The van der Waals surface area contributed by atoms with Crippen LogP contribution < -0.4 is 0 Å². The van der Waals surface area contributed by atoms with E-state index in [0.29, 0.717) is 32.3 Å². The number of rotatable bonds is 6. The Morgan fingerprint density at radius 3 is 2.67 bits per heavy atom. The lowest BCUT2D eigenvalue weighted by atomic mass is 9.68. The van der Waals surface area contributed by atoms with Crippen molar-refractivity contribution in [3.63, 3.8) is 0 Å². The van der Waals surface area contributed by atoms with Crippen LogP contribution in [0.1, 0.15) is 39.5 Å². The molecule has 0 saturated carbocycles. The van der Waals surface area contributed by atoms with Gasteiger partial charge in [-0.1, -0.05) is 6.92 Å². The van der Waals surface area contributed by atoms with Crippen LogP contribution in [0.3, 0.4) is 0 Å². The highest BCUT2D eigenvalue weighted by Crippen LogP contribution is 2.45. The molecule has 1 saturated heterocycles. The van der Waals surface area contributed by atoms with Crippen LogP contribution in [-0.2, 0) is 19.1 Å². The summed E-state index contributed by atoms with van der Waals surface area (Å²) >= 11 is 0. The normalized spacial score (nSPS) is 26.6. The molecule has 0 aromatic carbocycles. The monoisotopic (exact) mass is 258 g/mol. The van der Waals surface area contributed by atoms with Gasteiger partial charge in [0.05, 0.1) is 24.5 Å². The Balaban J connectivity index is 2.97. The second-order valence-electron chi connectivity index (χ2n) is 5.22. The molecule has 0 spiro atoms. The summed E-state index contributed by atoms with van der Waals surface area (Å²) in [6.07, 6.45) is 1.81. The van der Waals surface area contributed by atoms with Gasteiger partial charge in [0.15, 0.2) is 0 Å². The third-order valence-electron chi connectivity index (χ3n) is 3.99. The lowest BCUT2D eigenvalue weighted by Crippen LogP contribution is -2.40. The third kappa shape index (κ3) is 2.66. The van der Waals surface area contributed by atoms with Crippen LogP contribution in [-0.4, -0.2) is 37.4 Å². The van der Waals surface area contributed by atoms with Crippen LogP contribution in [0.5, 0.6) is 0 Å². The summed E-state index contributed by atoms with van der Waals surface area (Å²) in [5, 5.41) is 9.18. The van der Waals surface area contributed by atoms with Gasteiger partial charge in [0.1, 0.15) is 0 Å². The summed E-state index contributed by atoms with van der Waals surface area (Å²) in [5.74, 6) is -0.623. The molecule has 0 aromatic heterocycles. The molecule has 0 radical (unpaired) electrons. The summed E-state index contributed by atoms with van der Waals surface area (Å²) < 4.78 is 9.84. The molecule has 1 rings (SSSR count). The maximum Gasteiger partial charge on any atom is 0.311 e. The molecule has 1 aliphatic heterocycles. The van der Waals surface area contributed by atoms with Gasteiger partial charge in [0, 0.05) is 6.61 Å². The largest absolute Gasteiger partial charge is 0.469 e. The second kappa shape index (κ2) is 5.69. The molecule has 5 heteroatoms. The fourth-order valence-electron chi connectivity index (χ4n) is 2.69. The predicted octanol–water partition coefficient (Wildman–Crippen LogP) is 1.28. The van der Waals surface area contributed by atoms with Crippen molar-refractivity contribution in [3.8, 4) is 0 Å². The molecule has 0 aliphatic carbocycles. The summed E-state index contributed by atoms with van der Waals surface area (Å²) in [5.41, 5.74) is -1.46. The Hall–Kier alpha value is -1.10. The quantitative estimate of drug-likeness (QED) is 0.727. The van der Waals surface area contributed by atoms with Crippen molar-refractivity contribution in [1.29, 1.82) is 0 Å². The van der Waals surface area contributed by atoms with E-state index >= 15 is 0 Å². The molecule has 1 fully saturated rings. The summed E-state index contributed by atoms with van der Waals surface area (Å²) in [6.45, 7) is 3.98. The number of aliphatic hydroxyl groups is 1. The standard InChI is InChI=1S/C13H22O5/c1-4-13(5-7-14,11(16)17-3)9-12(2)6-8-18-10(12)15/h14H,4-9H2,1-3H3. The van der Waals surface area contributed by atoms with E-state index < -0.39 is 10.8 Å². The fraction of sp³-hybridized carbons (Fsp3) is 0.846. The molecule has 5 nitrogen and oxygen atoms in total. The first-order chi connectivity index (χ1) is 8.44. The van der Waals surface area contributed by atoms with E-state index in [-0.39, 0.29) is 18.5 Å². The highest BCUT2D eigenvalue weighted by Gasteiger charge is 2.49. The van der Waals surface area contributed by atoms with Gasteiger partial charge < -0.3 is 14.6 Å². The number of aliphatic hydroxyl groups excluding tert-OH is 1. The van der Waals surface area contributed by atoms with Crippen molar-refractivity contribution in [2.75, 3.05) is 20.3 Å². The molecule has 0 aromatic rings. The Kier molecular flexibility index (Phi) is 4.73. The van der Waals surface area contributed by atoms with Crippen LogP contribution >= 0.6 is 0 Å². The van der Waals surface area contributed by atoms with E-state index in [4.69, 9.17) is 9.47 Å². The fourth-order valence-corrected chi connectivity index (χ4v) is 2.69. The van der Waals surface area contributed by atoms with Gasteiger partial charge in [-0.3, -0.25) is 9.59 Å². The molecule has 0 bridgehead atoms.